The van der Waals surface area contributed by atoms with Crippen molar-refractivity contribution in [2.75, 3.05) is 39.8 Å². The minimum absolute atomic E-state index is 0.0769. The van der Waals surface area contributed by atoms with Gasteiger partial charge in [-0.3, -0.25) is 14.5 Å². The molecule has 2 fully saturated rings. The van der Waals surface area contributed by atoms with Crippen molar-refractivity contribution in [2.24, 2.45) is 0 Å². The third-order valence-corrected chi connectivity index (χ3v) is 4.81. The smallest absolute Gasteiger partial charge is 0.309 e. The minimum Gasteiger partial charge on any atom is -0.346 e. The summed E-state index contributed by atoms with van der Waals surface area (Å²) in [5, 5.41) is 5.43. The molecule has 1 heterocycles. The summed E-state index contributed by atoms with van der Waals surface area (Å²) in [4.78, 5) is 28.4. The predicted molar refractivity (Wildman–Crippen MR) is 92.4 cm³/mol. The van der Waals surface area contributed by atoms with E-state index in [1.807, 2.05) is 0 Å². The van der Waals surface area contributed by atoms with E-state index in [-0.39, 0.29) is 17.9 Å². The molecule has 1 aliphatic heterocycles. The number of nitrogens with zero attached hydrogens (tertiary/aromatic N) is 2. The second kappa shape index (κ2) is 7.93. The fourth-order valence-electron chi connectivity index (χ4n) is 3.02. The summed E-state index contributed by atoms with van der Waals surface area (Å²) in [6.45, 7) is 3.93. The highest BCUT2D eigenvalue weighted by Crippen LogP contribution is 2.22. The van der Waals surface area contributed by atoms with Crippen molar-refractivity contribution in [3.63, 3.8) is 0 Å². The second-order valence-electron chi connectivity index (χ2n) is 6.86. The fraction of sp³-hybridized carbons (Fsp3) is 0.556. The van der Waals surface area contributed by atoms with Gasteiger partial charge in [0.1, 0.15) is 5.82 Å². The van der Waals surface area contributed by atoms with Gasteiger partial charge in [0, 0.05) is 38.8 Å². The van der Waals surface area contributed by atoms with Crippen LogP contribution in [0.15, 0.2) is 24.3 Å². The molecule has 136 valence electrons. The van der Waals surface area contributed by atoms with Crippen LogP contribution >= 0.6 is 0 Å². The summed E-state index contributed by atoms with van der Waals surface area (Å²) >= 11 is 0. The minimum atomic E-state index is -0.604. The van der Waals surface area contributed by atoms with Gasteiger partial charge in [-0.05, 0) is 37.6 Å². The van der Waals surface area contributed by atoms with Crippen molar-refractivity contribution < 1.29 is 14.0 Å². The van der Waals surface area contributed by atoms with Gasteiger partial charge in [-0.2, -0.15) is 0 Å². The first-order valence-electron chi connectivity index (χ1n) is 8.79. The Morgan fingerprint density at radius 1 is 1.12 bits per heavy atom. The van der Waals surface area contributed by atoms with Crippen molar-refractivity contribution in [2.45, 2.75) is 24.9 Å². The Labute approximate surface area is 147 Å². The molecular formula is C18H25FN4O2. The molecular weight excluding hydrogens is 323 g/mol. The summed E-state index contributed by atoms with van der Waals surface area (Å²) in [6.07, 6.45) is 1.89. The lowest BCUT2D eigenvalue weighted by atomic mass is 10.0. The largest absolute Gasteiger partial charge is 0.346 e. The average Bonchev–Trinajstić information content (AvgIpc) is 3.41. The summed E-state index contributed by atoms with van der Waals surface area (Å²) in [6, 6.07) is 6.43. The number of piperazine rings is 1. The normalized spacial score (nSPS) is 20.1. The van der Waals surface area contributed by atoms with Crippen LogP contribution in [-0.4, -0.2) is 67.4 Å². The number of nitrogens with one attached hydrogen (secondary N) is 2. The molecule has 2 N–H and O–H groups in total. The lowest BCUT2D eigenvalue weighted by molar-refractivity contribution is -0.139. The molecule has 7 heteroatoms. The molecule has 2 amide bonds. The SMILES string of the molecule is CN1CCN([C@H](CNC(=O)C(=O)NC2CC2)c2ccc(F)cc2)CC1. The third kappa shape index (κ3) is 4.99. The van der Waals surface area contributed by atoms with Crippen molar-refractivity contribution >= 4 is 11.8 Å². The predicted octanol–water partition coefficient (Wildman–Crippen LogP) is 0.509. The average molecular weight is 348 g/mol. The van der Waals surface area contributed by atoms with Crippen molar-refractivity contribution in [3.8, 4) is 0 Å². The number of hydrogen-bond donors (Lipinski definition) is 2. The Morgan fingerprint density at radius 3 is 2.36 bits per heavy atom. The van der Waals surface area contributed by atoms with E-state index in [1.54, 1.807) is 12.1 Å². The number of benzene rings is 1. The number of hydrogen-bond acceptors (Lipinski definition) is 4. The third-order valence-electron chi connectivity index (χ3n) is 4.81. The standard InChI is InChI=1S/C18H25FN4O2/c1-22-8-10-23(11-9-22)16(13-2-4-14(19)5-3-13)12-20-17(24)18(25)21-15-6-7-15/h2-5,15-16H,6-12H2,1H3,(H,20,24)(H,21,25)/t16-/m1/s1. The first kappa shape index (κ1) is 17.8. The molecule has 6 nitrogen and oxygen atoms in total. The van der Waals surface area contributed by atoms with Gasteiger partial charge in [0.05, 0.1) is 6.04 Å². The number of carbonyl (C=O) groups excluding carboxylic acids is 2. The molecule has 0 aromatic heterocycles. The van der Waals surface area contributed by atoms with Crippen LogP contribution in [0.2, 0.25) is 0 Å². The molecule has 3 rings (SSSR count). The highest BCUT2D eigenvalue weighted by atomic mass is 19.1. The van der Waals surface area contributed by atoms with Gasteiger partial charge in [-0.15, -0.1) is 0 Å². The highest BCUT2D eigenvalue weighted by molar-refractivity contribution is 6.35. The van der Waals surface area contributed by atoms with E-state index in [9.17, 15) is 14.0 Å². The van der Waals surface area contributed by atoms with E-state index < -0.39 is 11.8 Å². The van der Waals surface area contributed by atoms with Crippen LogP contribution in [0.5, 0.6) is 0 Å². The van der Waals surface area contributed by atoms with E-state index in [0.29, 0.717) is 6.54 Å². The zero-order chi connectivity index (χ0) is 17.8. The molecule has 0 spiro atoms. The molecule has 1 aromatic carbocycles. The fourth-order valence-corrected chi connectivity index (χ4v) is 3.02. The van der Waals surface area contributed by atoms with Crippen LogP contribution in [0.3, 0.4) is 0 Å². The van der Waals surface area contributed by atoms with Crippen molar-refractivity contribution in [3.05, 3.63) is 35.6 Å². The Hall–Kier alpha value is -1.99. The van der Waals surface area contributed by atoms with E-state index in [1.165, 1.54) is 12.1 Å². The number of amides is 2. The number of likely N-dealkylation sites (N-methyl/N-ethyl adjacent to an activating group) is 1. The lowest BCUT2D eigenvalue weighted by Crippen LogP contribution is -2.49. The first-order chi connectivity index (χ1) is 12.0. The van der Waals surface area contributed by atoms with Gasteiger partial charge in [0.2, 0.25) is 0 Å². The van der Waals surface area contributed by atoms with Gasteiger partial charge < -0.3 is 15.5 Å². The van der Waals surface area contributed by atoms with E-state index in [2.05, 4.69) is 27.5 Å². The number of rotatable bonds is 5. The monoisotopic (exact) mass is 348 g/mol. The maximum Gasteiger partial charge on any atom is 0.309 e. The molecule has 1 atom stereocenters. The summed E-state index contributed by atoms with van der Waals surface area (Å²) in [5.74, 6) is -1.46. The van der Waals surface area contributed by atoms with Crippen molar-refractivity contribution in [1.82, 2.24) is 20.4 Å². The topological polar surface area (TPSA) is 64.7 Å². The molecule has 0 radical (unpaired) electrons. The maximum absolute atomic E-state index is 13.2. The van der Waals surface area contributed by atoms with E-state index in [0.717, 1.165) is 44.6 Å². The summed E-state index contributed by atoms with van der Waals surface area (Å²) in [7, 11) is 2.08. The molecule has 1 aliphatic carbocycles. The maximum atomic E-state index is 13.2. The highest BCUT2D eigenvalue weighted by Gasteiger charge is 2.28. The van der Waals surface area contributed by atoms with Crippen LogP contribution in [0.1, 0.15) is 24.4 Å². The first-order valence-corrected chi connectivity index (χ1v) is 8.79. The Bertz CT molecular complexity index is 610. The van der Waals surface area contributed by atoms with Gasteiger partial charge in [0.25, 0.3) is 0 Å². The molecule has 0 bridgehead atoms. The summed E-state index contributed by atoms with van der Waals surface area (Å²) < 4.78 is 13.2. The molecule has 25 heavy (non-hydrogen) atoms. The van der Waals surface area contributed by atoms with Crippen LogP contribution in [0.4, 0.5) is 4.39 Å². The zero-order valence-electron chi connectivity index (χ0n) is 14.5. The number of halogens is 1. The Morgan fingerprint density at radius 2 is 1.76 bits per heavy atom. The molecule has 1 aromatic rings. The zero-order valence-corrected chi connectivity index (χ0v) is 14.5. The van der Waals surface area contributed by atoms with E-state index >= 15 is 0 Å². The van der Waals surface area contributed by atoms with Crippen LogP contribution in [0, 0.1) is 5.82 Å². The molecule has 0 unspecified atom stereocenters. The van der Waals surface area contributed by atoms with Crippen LogP contribution in [-0.2, 0) is 9.59 Å². The van der Waals surface area contributed by atoms with Gasteiger partial charge in [-0.1, -0.05) is 12.1 Å². The lowest BCUT2D eigenvalue weighted by Gasteiger charge is -2.38. The van der Waals surface area contributed by atoms with E-state index in [4.69, 9.17) is 0 Å². The number of carbonyl (C=O) groups is 2. The Kier molecular flexibility index (Phi) is 5.65. The quantitative estimate of drug-likeness (QED) is 0.761. The second-order valence-corrected chi connectivity index (χ2v) is 6.86. The Balaban J connectivity index is 1.64. The van der Waals surface area contributed by atoms with Gasteiger partial charge >= 0.3 is 11.8 Å². The van der Waals surface area contributed by atoms with Gasteiger partial charge in [-0.25, -0.2) is 4.39 Å². The van der Waals surface area contributed by atoms with Gasteiger partial charge in [0.15, 0.2) is 0 Å². The van der Waals surface area contributed by atoms with Crippen LogP contribution < -0.4 is 10.6 Å². The molecule has 1 saturated carbocycles. The molecule has 2 aliphatic rings. The van der Waals surface area contributed by atoms with Crippen molar-refractivity contribution in [1.29, 1.82) is 0 Å². The van der Waals surface area contributed by atoms with Crippen LogP contribution in [0.25, 0.3) is 0 Å². The summed E-state index contributed by atoms with van der Waals surface area (Å²) in [5.41, 5.74) is 0.939. The molecule has 1 saturated heterocycles.